The van der Waals surface area contributed by atoms with Gasteiger partial charge < -0.3 is 5.11 Å². The van der Waals surface area contributed by atoms with Crippen molar-refractivity contribution in [3.05, 3.63) is 29.3 Å². The van der Waals surface area contributed by atoms with Crippen LogP contribution in [0.3, 0.4) is 0 Å². The lowest BCUT2D eigenvalue weighted by Gasteiger charge is -2.36. The molecular weight excluding hydrogens is 258 g/mol. The Hall–Kier alpha value is -1.02. The van der Waals surface area contributed by atoms with Crippen molar-refractivity contribution in [2.45, 2.75) is 65.8 Å². The first kappa shape index (κ1) is 16.4. The lowest BCUT2D eigenvalue weighted by Crippen LogP contribution is -2.32. The number of hydrogen-bond donors (Lipinski definition) is 1. The summed E-state index contributed by atoms with van der Waals surface area (Å²) in [5, 5.41) is 10.1. The summed E-state index contributed by atoms with van der Waals surface area (Å²) >= 11 is 0. The molecule has 1 aromatic rings. The monoisotopic (exact) mass is 289 g/mol. The Bertz CT molecular complexity index is 461. The van der Waals surface area contributed by atoms with Gasteiger partial charge in [-0.2, -0.15) is 0 Å². The van der Waals surface area contributed by atoms with Crippen molar-refractivity contribution in [2.75, 3.05) is 13.1 Å². The Morgan fingerprint density at radius 1 is 1.29 bits per heavy atom. The number of phenolic OH excluding ortho intramolecular Hbond substituents is 1. The molecule has 0 saturated carbocycles. The number of rotatable bonds is 5. The molecule has 1 unspecified atom stereocenters. The van der Waals surface area contributed by atoms with E-state index in [1.54, 1.807) is 0 Å². The fourth-order valence-electron chi connectivity index (χ4n) is 3.53. The molecule has 2 rings (SSSR count). The normalized spacial score (nSPS) is 18.8. The molecular formula is C19H31NO. The largest absolute Gasteiger partial charge is 0.508 e. The summed E-state index contributed by atoms with van der Waals surface area (Å²) in [6, 6.07) is 6.53. The minimum atomic E-state index is 0.419. The van der Waals surface area contributed by atoms with Gasteiger partial charge in [-0.3, -0.25) is 4.90 Å². The van der Waals surface area contributed by atoms with Gasteiger partial charge in [-0.1, -0.05) is 39.8 Å². The summed E-state index contributed by atoms with van der Waals surface area (Å²) in [6.45, 7) is 11.5. The lowest BCUT2D eigenvalue weighted by molar-refractivity contribution is 0.175. The van der Waals surface area contributed by atoms with Gasteiger partial charge in [0.15, 0.2) is 0 Å². The van der Waals surface area contributed by atoms with E-state index in [-0.39, 0.29) is 0 Å². The Labute approximate surface area is 130 Å². The van der Waals surface area contributed by atoms with Crippen LogP contribution in [0.15, 0.2) is 18.2 Å². The molecule has 0 saturated heterocycles. The molecule has 1 N–H and O–H groups in total. The average Bonchev–Trinajstić information content (AvgIpc) is 2.43. The maximum absolute atomic E-state index is 10.1. The lowest BCUT2D eigenvalue weighted by atomic mass is 9.85. The zero-order chi connectivity index (χ0) is 15.5. The highest BCUT2D eigenvalue weighted by atomic mass is 16.3. The van der Waals surface area contributed by atoms with E-state index in [2.05, 4.69) is 38.7 Å². The van der Waals surface area contributed by atoms with Crippen LogP contribution >= 0.6 is 0 Å². The molecule has 0 bridgehead atoms. The van der Waals surface area contributed by atoms with Crippen LogP contribution in [-0.2, 0) is 6.42 Å². The molecule has 0 aromatic heterocycles. The number of fused-ring (bicyclic) bond motifs is 1. The molecule has 21 heavy (non-hydrogen) atoms. The van der Waals surface area contributed by atoms with Crippen LogP contribution in [0.25, 0.3) is 0 Å². The number of aromatic hydroxyl groups is 1. The van der Waals surface area contributed by atoms with Crippen molar-refractivity contribution in [1.82, 2.24) is 4.90 Å². The number of phenols is 1. The third-order valence-corrected chi connectivity index (χ3v) is 4.67. The first-order chi connectivity index (χ1) is 9.92. The maximum Gasteiger partial charge on any atom is 0.119 e. The smallest absolute Gasteiger partial charge is 0.119 e. The number of hydrogen-bond acceptors (Lipinski definition) is 2. The molecule has 118 valence electrons. The van der Waals surface area contributed by atoms with Crippen LogP contribution < -0.4 is 0 Å². The molecule has 2 heteroatoms. The second kappa shape index (κ2) is 6.83. The van der Waals surface area contributed by atoms with Gasteiger partial charge in [-0.15, -0.1) is 0 Å². The Kier molecular flexibility index (Phi) is 5.32. The van der Waals surface area contributed by atoms with Crippen LogP contribution in [0.4, 0.5) is 0 Å². The summed E-state index contributed by atoms with van der Waals surface area (Å²) in [5.41, 5.74) is 2.96. The van der Waals surface area contributed by atoms with Crippen molar-refractivity contribution in [1.29, 1.82) is 0 Å². The van der Waals surface area contributed by atoms with Crippen molar-refractivity contribution in [2.24, 2.45) is 5.41 Å². The van der Waals surface area contributed by atoms with Crippen molar-refractivity contribution < 1.29 is 5.11 Å². The third kappa shape index (κ3) is 4.23. The summed E-state index contributed by atoms with van der Waals surface area (Å²) < 4.78 is 0. The van der Waals surface area contributed by atoms with E-state index in [1.807, 2.05) is 12.1 Å². The summed E-state index contributed by atoms with van der Waals surface area (Å²) in [4.78, 5) is 2.60. The topological polar surface area (TPSA) is 23.5 Å². The maximum atomic E-state index is 10.1. The molecule has 1 aliphatic rings. The predicted octanol–water partition coefficient (Wildman–Crippen LogP) is 4.92. The molecule has 0 aliphatic heterocycles. The molecule has 1 aromatic carbocycles. The first-order valence-corrected chi connectivity index (χ1v) is 8.47. The molecule has 2 nitrogen and oxygen atoms in total. The van der Waals surface area contributed by atoms with E-state index in [0.717, 1.165) is 19.5 Å². The second-order valence-corrected chi connectivity index (χ2v) is 7.55. The van der Waals surface area contributed by atoms with E-state index < -0.39 is 0 Å². The van der Waals surface area contributed by atoms with Gasteiger partial charge in [0, 0.05) is 6.04 Å². The molecule has 0 fully saturated rings. The summed E-state index contributed by atoms with van der Waals surface area (Å²) in [7, 11) is 0. The van der Waals surface area contributed by atoms with Gasteiger partial charge in [0.25, 0.3) is 0 Å². The molecule has 0 amide bonds. The minimum Gasteiger partial charge on any atom is -0.508 e. The Morgan fingerprint density at radius 3 is 2.71 bits per heavy atom. The van der Waals surface area contributed by atoms with Gasteiger partial charge in [0.1, 0.15) is 5.75 Å². The highest BCUT2D eigenvalue weighted by Gasteiger charge is 2.26. The van der Waals surface area contributed by atoms with E-state index >= 15 is 0 Å². The van der Waals surface area contributed by atoms with Gasteiger partial charge in [-0.05, 0) is 67.8 Å². The summed E-state index contributed by atoms with van der Waals surface area (Å²) in [6.07, 6.45) is 5.95. The Balaban J connectivity index is 2.08. The highest BCUT2D eigenvalue weighted by Crippen LogP contribution is 2.38. The van der Waals surface area contributed by atoms with Crippen LogP contribution in [0.1, 0.15) is 70.5 Å². The van der Waals surface area contributed by atoms with E-state index in [4.69, 9.17) is 0 Å². The molecule has 0 heterocycles. The van der Waals surface area contributed by atoms with Crippen LogP contribution in [-0.4, -0.2) is 23.1 Å². The fourth-order valence-corrected chi connectivity index (χ4v) is 3.53. The van der Waals surface area contributed by atoms with E-state index in [9.17, 15) is 5.11 Å². The van der Waals surface area contributed by atoms with Gasteiger partial charge in [-0.25, -0.2) is 0 Å². The number of benzene rings is 1. The van der Waals surface area contributed by atoms with E-state index in [0.29, 0.717) is 17.2 Å². The second-order valence-electron chi connectivity index (χ2n) is 7.55. The number of nitrogens with zero attached hydrogens (tertiary/aromatic N) is 1. The van der Waals surface area contributed by atoms with Crippen molar-refractivity contribution in [3.63, 3.8) is 0 Å². The minimum absolute atomic E-state index is 0.419. The summed E-state index contributed by atoms with van der Waals surface area (Å²) in [5.74, 6) is 0.489. The van der Waals surface area contributed by atoms with Crippen LogP contribution in [0.2, 0.25) is 0 Å². The van der Waals surface area contributed by atoms with Gasteiger partial charge >= 0.3 is 0 Å². The van der Waals surface area contributed by atoms with Gasteiger partial charge in [0.2, 0.25) is 0 Å². The third-order valence-electron chi connectivity index (χ3n) is 4.67. The fraction of sp³-hybridized carbons (Fsp3) is 0.684. The molecule has 1 atom stereocenters. The zero-order valence-corrected chi connectivity index (χ0v) is 14.2. The van der Waals surface area contributed by atoms with Crippen LogP contribution in [0.5, 0.6) is 5.75 Å². The van der Waals surface area contributed by atoms with Crippen LogP contribution in [0, 0.1) is 5.41 Å². The van der Waals surface area contributed by atoms with Crippen molar-refractivity contribution in [3.8, 4) is 5.75 Å². The Morgan fingerprint density at radius 2 is 2.05 bits per heavy atom. The molecule has 1 aliphatic carbocycles. The van der Waals surface area contributed by atoms with Gasteiger partial charge in [0.05, 0.1) is 0 Å². The highest BCUT2D eigenvalue weighted by molar-refractivity contribution is 5.42. The van der Waals surface area contributed by atoms with E-state index in [1.165, 1.54) is 36.8 Å². The zero-order valence-electron chi connectivity index (χ0n) is 14.2. The molecule has 0 radical (unpaired) electrons. The SMILES string of the molecule is CCN(CCCC(C)(C)C)C1CCCc2c(O)cccc21. The quantitative estimate of drug-likeness (QED) is 0.832. The molecule has 0 spiro atoms. The van der Waals surface area contributed by atoms with Crippen molar-refractivity contribution >= 4 is 0 Å². The first-order valence-electron chi connectivity index (χ1n) is 8.47. The standard InChI is InChI=1S/C19H31NO/c1-5-20(14-8-13-19(2,3)4)17-11-6-10-16-15(17)9-7-12-18(16)21/h7,9,12,17,21H,5-6,8,10-11,13-14H2,1-4H3. The average molecular weight is 289 g/mol. The predicted molar refractivity (Wildman–Crippen MR) is 89.7 cm³/mol.